The van der Waals surface area contributed by atoms with Gasteiger partial charge in [-0.25, -0.2) is 4.98 Å². The molecular weight excluding hydrogens is 282 g/mol. The molecule has 1 aromatic carbocycles. The molecule has 0 saturated heterocycles. The van der Waals surface area contributed by atoms with Crippen molar-refractivity contribution in [3.63, 3.8) is 0 Å². The van der Waals surface area contributed by atoms with Crippen LogP contribution >= 0.6 is 11.8 Å². The highest BCUT2D eigenvalue weighted by molar-refractivity contribution is 7.99. The molecule has 0 fully saturated rings. The van der Waals surface area contributed by atoms with Crippen LogP contribution in [0.3, 0.4) is 0 Å². The smallest absolute Gasteiger partial charge is 0.165 e. The Hall–Kier alpha value is -1.46. The van der Waals surface area contributed by atoms with E-state index in [4.69, 9.17) is 4.74 Å². The van der Waals surface area contributed by atoms with Crippen molar-refractivity contribution < 1.29 is 4.74 Å². The third-order valence-corrected chi connectivity index (χ3v) is 4.09. The summed E-state index contributed by atoms with van der Waals surface area (Å²) in [6.45, 7) is 5.89. The molecule has 2 N–H and O–H groups in total. The number of rotatable bonds is 9. The number of nitrogens with one attached hydrogen (secondary N) is 2. The summed E-state index contributed by atoms with van der Waals surface area (Å²) in [4.78, 5) is 7.39. The van der Waals surface area contributed by atoms with Crippen molar-refractivity contribution in [2.75, 3.05) is 18.9 Å². The second-order valence-electron chi connectivity index (χ2n) is 4.71. The van der Waals surface area contributed by atoms with Crippen LogP contribution in [0.4, 0.5) is 0 Å². The second-order valence-corrected chi connectivity index (χ2v) is 5.72. The Balaban J connectivity index is 1.99. The fourth-order valence-electron chi connectivity index (χ4n) is 2.05. The molecule has 0 aliphatic rings. The van der Waals surface area contributed by atoms with Gasteiger partial charge in [0.05, 0.1) is 6.61 Å². The van der Waals surface area contributed by atoms with Gasteiger partial charge in [-0.2, -0.15) is 0 Å². The molecule has 2 aromatic rings. The van der Waals surface area contributed by atoms with Crippen LogP contribution in [-0.4, -0.2) is 28.9 Å². The van der Waals surface area contributed by atoms with Gasteiger partial charge in [0.2, 0.25) is 0 Å². The summed E-state index contributed by atoms with van der Waals surface area (Å²) < 4.78 is 5.50. The zero-order valence-corrected chi connectivity index (χ0v) is 13.5. The first-order chi connectivity index (χ1) is 10.3. The van der Waals surface area contributed by atoms with Gasteiger partial charge in [0.15, 0.2) is 5.16 Å². The summed E-state index contributed by atoms with van der Waals surface area (Å²) in [7, 11) is 0. The number of thioether (sulfide) groups is 1. The molecule has 5 heteroatoms. The van der Waals surface area contributed by atoms with E-state index >= 15 is 0 Å². The summed E-state index contributed by atoms with van der Waals surface area (Å²) in [5, 5.41) is 4.56. The van der Waals surface area contributed by atoms with Gasteiger partial charge in [0, 0.05) is 24.2 Å². The van der Waals surface area contributed by atoms with Crippen LogP contribution in [0.2, 0.25) is 0 Å². The Kier molecular flexibility index (Phi) is 6.63. The maximum Gasteiger partial charge on any atom is 0.165 e. The van der Waals surface area contributed by atoms with Crippen LogP contribution in [0.25, 0.3) is 0 Å². The van der Waals surface area contributed by atoms with Crippen LogP contribution in [0.15, 0.2) is 41.8 Å². The van der Waals surface area contributed by atoms with E-state index in [0.717, 1.165) is 29.6 Å². The van der Waals surface area contributed by atoms with E-state index in [1.165, 1.54) is 5.56 Å². The maximum atomic E-state index is 5.50. The molecule has 0 saturated carbocycles. The SMILES string of the molecule is CCCNC(CSc1ncc[nH]1)c1ccc(OCC)cc1. The summed E-state index contributed by atoms with van der Waals surface area (Å²) in [5.41, 5.74) is 1.28. The Morgan fingerprint density at radius 1 is 1.29 bits per heavy atom. The van der Waals surface area contributed by atoms with Crippen LogP contribution in [-0.2, 0) is 0 Å². The molecule has 0 aliphatic carbocycles. The van der Waals surface area contributed by atoms with E-state index in [1.807, 2.05) is 25.3 Å². The number of hydrogen-bond donors (Lipinski definition) is 2. The van der Waals surface area contributed by atoms with Crippen molar-refractivity contribution in [1.29, 1.82) is 0 Å². The minimum absolute atomic E-state index is 0.315. The number of H-pyrrole nitrogens is 1. The van der Waals surface area contributed by atoms with Crippen molar-refractivity contribution in [1.82, 2.24) is 15.3 Å². The minimum atomic E-state index is 0.315. The standard InChI is InChI=1S/C16H23N3OS/c1-3-9-17-15(12-21-16-18-10-11-19-16)13-5-7-14(8-6-13)20-4-2/h5-8,10-11,15,17H,3-4,9,12H2,1-2H3,(H,18,19). The predicted molar refractivity (Wildman–Crippen MR) is 88.0 cm³/mol. The molecule has 1 atom stereocenters. The molecule has 1 unspecified atom stereocenters. The molecule has 2 rings (SSSR count). The van der Waals surface area contributed by atoms with Crippen molar-refractivity contribution in [2.45, 2.75) is 31.5 Å². The normalized spacial score (nSPS) is 12.3. The third-order valence-electron chi connectivity index (χ3n) is 3.09. The first-order valence-electron chi connectivity index (χ1n) is 7.41. The number of aromatic amines is 1. The molecule has 0 bridgehead atoms. The van der Waals surface area contributed by atoms with E-state index in [1.54, 1.807) is 18.0 Å². The summed E-state index contributed by atoms with van der Waals surface area (Å²) in [6.07, 6.45) is 4.76. The van der Waals surface area contributed by atoms with Gasteiger partial charge in [0.1, 0.15) is 5.75 Å². The number of hydrogen-bond acceptors (Lipinski definition) is 4. The molecule has 0 aliphatic heterocycles. The van der Waals surface area contributed by atoms with Crippen molar-refractivity contribution in [2.24, 2.45) is 0 Å². The van der Waals surface area contributed by atoms with E-state index in [2.05, 4.69) is 34.3 Å². The van der Waals surface area contributed by atoms with Gasteiger partial charge >= 0.3 is 0 Å². The lowest BCUT2D eigenvalue weighted by Crippen LogP contribution is -2.24. The van der Waals surface area contributed by atoms with Crippen LogP contribution in [0.5, 0.6) is 5.75 Å². The lowest BCUT2D eigenvalue weighted by atomic mass is 10.1. The first-order valence-corrected chi connectivity index (χ1v) is 8.40. The molecule has 0 spiro atoms. The average Bonchev–Trinajstić information content (AvgIpc) is 3.02. The topological polar surface area (TPSA) is 49.9 Å². The van der Waals surface area contributed by atoms with Crippen LogP contribution in [0.1, 0.15) is 31.9 Å². The Morgan fingerprint density at radius 2 is 2.10 bits per heavy atom. The largest absolute Gasteiger partial charge is 0.494 e. The zero-order valence-electron chi connectivity index (χ0n) is 12.6. The Morgan fingerprint density at radius 3 is 2.71 bits per heavy atom. The average molecular weight is 305 g/mol. The fraction of sp³-hybridized carbons (Fsp3) is 0.438. The van der Waals surface area contributed by atoms with E-state index in [0.29, 0.717) is 12.6 Å². The van der Waals surface area contributed by atoms with Crippen molar-refractivity contribution in [3.05, 3.63) is 42.2 Å². The third kappa shape index (κ3) is 5.10. The molecular formula is C16H23N3OS. The van der Waals surface area contributed by atoms with Gasteiger partial charge in [-0.1, -0.05) is 30.8 Å². The summed E-state index contributed by atoms with van der Waals surface area (Å²) >= 11 is 1.73. The number of imidazole rings is 1. The van der Waals surface area contributed by atoms with E-state index in [9.17, 15) is 0 Å². The number of ether oxygens (including phenoxy) is 1. The van der Waals surface area contributed by atoms with Crippen LogP contribution in [0, 0.1) is 0 Å². The fourth-order valence-corrected chi connectivity index (χ4v) is 2.97. The van der Waals surface area contributed by atoms with E-state index in [-0.39, 0.29) is 0 Å². The molecule has 114 valence electrons. The van der Waals surface area contributed by atoms with Gasteiger partial charge < -0.3 is 15.0 Å². The summed E-state index contributed by atoms with van der Waals surface area (Å²) in [5.74, 6) is 1.87. The zero-order chi connectivity index (χ0) is 14.9. The highest BCUT2D eigenvalue weighted by atomic mass is 32.2. The Bertz CT molecular complexity index is 499. The van der Waals surface area contributed by atoms with Gasteiger partial charge in [-0.3, -0.25) is 0 Å². The van der Waals surface area contributed by atoms with Crippen molar-refractivity contribution >= 4 is 11.8 Å². The lowest BCUT2D eigenvalue weighted by molar-refractivity contribution is 0.340. The quantitative estimate of drug-likeness (QED) is 0.694. The highest BCUT2D eigenvalue weighted by Gasteiger charge is 2.12. The van der Waals surface area contributed by atoms with Gasteiger partial charge in [-0.05, 0) is 37.6 Å². The number of benzene rings is 1. The van der Waals surface area contributed by atoms with E-state index < -0.39 is 0 Å². The molecule has 0 radical (unpaired) electrons. The molecule has 1 heterocycles. The van der Waals surface area contributed by atoms with Crippen LogP contribution < -0.4 is 10.1 Å². The van der Waals surface area contributed by atoms with Gasteiger partial charge in [-0.15, -0.1) is 0 Å². The molecule has 4 nitrogen and oxygen atoms in total. The highest BCUT2D eigenvalue weighted by Crippen LogP contribution is 2.24. The lowest BCUT2D eigenvalue weighted by Gasteiger charge is -2.18. The Labute approximate surface area is 130 Å². The first kappa shape index (κ1) is 15.9. The molecule has 21 heavy (non-hydrogen) atoms. The molecule has 0 amide bonds. The number of aromatic nitrogens is 2. The summed E-state index contributed by atoms with van der Waals surface area (Å²) in [6, 6.07) is 8.67. The maximum absolute atomic E-state index is 5.50. The minimum Gasteiger partial charge on any atom is -0.494 e. The predicted octanol–water partition coefficient (Wildman–Crippen LogP) is 3.64. The van der Waals surface area contributed by atoms with Gasteiger partial charge in [0.25, 0.3) is 0 Å². The monoisotopic (exact) mass is 305 g/mol. The molecule has 1 aromatic heterocycles. The number of nitrogens with zero attached hydrogens (tertiary/aromatic N) is 1. The second kappa shape index (κ2) is 8.74. The van der Waals surface area contributed by atoms with Crippen molar-refractivity contribution in [3.8, 4) is 5.75 Å².